The fourth-order valence-corrected chi connectivity index (χ4v) is 4.01. The molecule has 0 amide bonds. The fraction of sp³-hybridized carbons (Fsp3) is 0.231. The smallest absolute Gasteiger partial charge is 0.162 e. The van der Waals surface area contributed by atoms with Crippen LogP contribution in [0.2, 0.25) is 0 Å². The molecular weight excluding hydrogens is 388 g/mol. The zero-order valence-electron chi connectivity index (χ0n) is 16.5. The molecule has 30 heavy (non-hydrogen) atoms. The van der Waals surface area contributed by atoms with Crippen molar-refractivity contribution < 1.29 is 17.6 Å². The molecule has 0 radical (unpaired) electrons. The minimum atomic E-state index is -0.922. The van der Waals surface area contributed by atoms with Crippen LogP contribution in [-0.2, 0) is 19.3 Å². The Labute approximate surface area is 173 Å². The van der Waals surface area contributed by atoms with E-state index in [0.717, 1.165) is 41.7 Å². The van der Waals surface area contributed by atoms with Gasteiger partial charge in [0.2, 0.25) is 0 Å². The number of hydrogen-bond acceptors (Lipinski definition) is 0. The van der Waals surface area contributed by atoms with Gasteiger partial charge in [0.1, 0.15) is 0 Å². The van der Waals surface area contributed by atoms with Crippen LogP contribution < -0.4 is 0 Å². The van der Waals surface area contributed by atoms with Crippen molar-refractivity contribution in [3.05, 3.63) is 105 Å². The largest absolute Gasteiger partial charge is 0.204 e. The molecule has 1 aliphatic rings. The average molecular weight is 408 g/mol. The third kappa shape index (κ3) is 3.98. The number of halogens is 4. The van der Waals surface area contributed by atoms with Crippen LogP contribution in [0.3, 0.4) is 0 Å². The first-order valence-corrected chi connectivity index (χ1v) is 10.0. The molecule has 3 aromatic rings. The third-order valence-corrected chi connectivity index (χ3v) is 5.72. The zero-order valence-corrected chi connectivity index (χ0v) is 16.5. The van der Waals surface area contributed by atoms with Crippen LogP contribution in [-0.4, -0.2) is 0 Å². The lowest BCUT2D eigenvalue weighted by Gasteiger charge is -2.26. The zero-order chi connectivity index (χ0) is 21.3. The predicted octanol–water partition coefficient (Wildman–Crippen LogP) is 6.48. The molecule has 152 valence electrons. The van der Waals surface area contributed by atoms with Gasteiger partial charge in [-0.05, 0) is 84.2 Å². The van der Waals surface area contributed by atoms with E-state index in [-0.39, 0.29) is 5.92 Å². The van der Waals surface area contributed by atoms with Crippen LogP contribution in [0.4, 0.5) is 17.6 Å². The van der Waals surface area contributed by atoms with Crippen molar-refractivity contribution in [1.82, 2.24) is 0 Å². The molecule has 0 saturated heterocycles. The highest BCUT2D eigenvalue weighted by molar-refractivity contribution is 5.47. The Bertz CT molecular complexity index is 1170. The summed E-state index contributed by atoms with van der Waals surface area (Å²) in [7, 11) is 0. The summed E-state index contributed by atoms with van der Waals surface area (Å²) < 4.78 is 55.1. The fourth-order valence-electron chi connectivity index (χ4n) is 4.01. The van der Waals surface area contributed by atoms with Gasteiger partial charge in [-0.3, -0.25) is 0 Å². The van der Waals surface area contributed by atoms with Gasteiger partial charge in [0.25, 0.3) is 0 Å². The number of rotatable bonds is 2. The summed E-state index contributed by atoms with van der Waals surface area (Å²) in [4.78, 5) is 0. The van der Waals surface area contributed by atoms with Gasteiger partial charge in [0.15, 0.2) is 23.3 Å². The molecular formula is C26H20F4. The van der Waals surface area contributed by atoms with E-state index in [1.807, 2.05) is 18.2 Å². The van der Waals surface area contributed by atoms with E-state index in [1.54, 1.807) is 19.1 Å². The quantitative estimate of drug-likeness (QED) is 0.336. The highest BCUT2D eigenvalue weighted by Crippen LogP contribution is 2.35. The van der Waals surface area contributed by atoms with Crippen LogP contribution >= 0.6 is 0 Å². The number of hydrogen-bond donors (Lipinski definition) is 0. The van der Waals surface area contributed by atoms with E-state index in [9.17, 15) is 17.6 Å². The second kappa shape index (κ2) is 8.36. The van der Waals surface area contributed by atoms with Crippen LogP contribution in [0, 0.1) is 35.1 Å². The van der Waals surface area contributed by atoms with Crippen LogP contribution in [0.15, 0.2) is 48.5 Å². The van der Waals surface area contributed by atoms with Crippen molar-refractivity contribution in [3.8, 4) is 11.8 Å². The predicted molar refractivity (Wildman–Crippen MR) is 109 cm³/mol. The number of benzene rings is 3. The highest BCUT2D eigenvalue weighted by atomic mass is 19.2. The molecule has 0 heterocycles. The minimum Gasteiger partial charge on any atom is -0.204 e. The van der Waals surface area contributed by atoms with Gasteiger partial charge in [-0.25, -0.2) is 17.6 Å². The van der Waals surface area contributed by atoms with Gasteiger partial charge in [-0.1, -0.05) is 37.0 Å². The van der Waals surface area contributed by atoms with Crippen LogP contribution in [0.5, 0.6) is 0 Å². The van der Waals surface area contributed by atoms with Crippen molar-refractivity contribution in [2.45, 2.75) is 38.5 Å². The molecule has 3 aromatic carbocycles. The first-order chi connectivity index (χ1) is 14.5. The molecule has 0 aliphatic heterocycles. The van der Waals surface area contributed by atoms with E-state index in [4.69, 9.17) is 0 Å². The van der Waals surface area contributed by atoms with Crippen molar-refractivity contribution in [1.29, 1.82) is 0 Å². The Morgan fingerprint density at radius 3 is 2.27 bits per heavy atom. The maximum Gasteiger partial charge on any atom is 0.162 e. The van der Waals surface area contributed by atoms with Crippen LogP contribution in [0.1, 0.15) is 52.6 Å². The average Bonchev–Trinajstić information content (AvgIpc) is 2.76. The van der Waals surface area contributed by atoms with Gasteiger partial charge in [0, 0.05) is 11.1 Å². The molecule has 1 atom stereocenters. The molecule has 1 unspecified atom stereocenters. The second-order valence-corrected chi connectivity index (χ2v) is 7.60. The Kier molecular flexibility index (Phi) is 5.63. The summed E-state index contributed by atoms with van der Waals surface area (Å²) in [5, 5.41) is 0. The molecule has 0 N–H and O–H groups in total. The van der Waals surface area contributed by atoms with E-state index in [2.05, 4.69) is 11.8 Å². The lowest BCUT2D eigenvalue weighted by Crippen LogP contribution is -2.15. The van der Waals surface area contributed by atoms with E-state index < -0.39 is 23.3 Å². The summed E-state index contributed by atoms with van der Waals surface area (Å²) >= 11 is 0. The van der Waals surface area contributed by atoms with Crippen molar-refractivity contribution in [2.24, 2.45) is 0 Å². The van der Waals surface area contributed by atoms with Crippen molar-refractivity contribution in [3.63, 3.8) is 0 Å². The Hall–Kier alpha value is -3.06. The summed E-state index contributed by atoms with van der Waals surface area (Å²) in [5.74, 6) is 2.49. The van der Waals surface area contributed by atoms with Gasteiger partial charge in [-0.2, -0.15) is 0 Å². The van der Waals surface area contributed by atoms with Gasteiger partial charge >= 0.3 is 0 Å². The summed E-state index contributed by atoms with van der Waals surface area (Å²) in [6.07, 6.45) is 2.59. The lowest BCUT2D eigenvalue weighted by atomic mass is 9.79. The van der Waals surface area contributed by atoms with Crippen molar-refractivity contribution in [2.75, 3.05) is 0 Å². The highest BCUT2D eigenvalue weighted by Gasteiger charge is 2.25. The Morgan fingerprint density at radius 2 is 1.53 bits per heavy atom. The molecule has 4 heteroatoms. The van der Waals surface area contributed by atoms with Crippen LogP contribution in [0.25, 0.3) is 0 Å². The lowest BCUT2D eigenvalue weighted by molar-refractivity contribution is 0.468. The monoisotopic (exact) mass is 408 g/mol. The van der Waals surface area contributed by atoms with Crippen molar-refractivity contribution >= 4 is 0 Å². The Morgan fingerprint density at radius 1 is 0.800 bits per heavy atom. The number of aryl methyl sites for hydroxylation is 2. The molecule has 0 nitrogen and oxygen atoms in total. The molecule has 0 spiro atoms. The molecule has 0 aromatic heterocycles. The standard InChI is InChI=1S/C26H20F4/c1-2-18-10-11-22(26(30)25(18)29)21-9-8-19-13-16(5-7-20(19)15-21)3-4-17-6-12-23(27)24(28)14-17/h5-7,10-14,21H,2,8-9,15H2,1H3. The normalized spacial score (nSPS) is 15.3. The van der Waals surface area contributed by atoms with Gasteiger partial charge < -0.3 is 0 Å². The Balaban J connectivity index is 1.55. The van der Waals surface area contributed by atoms with E-state index >= 15 is 0 Å². The summed E-state index contributed by atoms with van der Waals surface area (Å²) in [6.45, 7) is 1.81. The molecule has 0 fully saturated rings. The topological polar surface area (TPSA) is 0 Å². The van der Waals surface area contributed by atoms with E-state index in [0.29, 0.717) is 29.5 Å². The number of fused-ring (bicyclic) bond motifs is 1. The van der Waals surface area contributed by atoms with Gasteiger partial charge in [0.05, 0.1) is 0 Å². The third-order valence-electron chi connectivity index (χ3n) is 5.72. The maximum atomic E-state index is 14.5. The van der Waals surface area contributed by atoms with Gasteiger partial charge in [-0.15, -0.1) is 0 Å². The molecule has 0 bridgehead atoms. The summed E-state index contributed by atoms with van der Waals surface area (Å²) in [5.41, 5.74) is 4.26. The minimum absolute atomic E-state index is 0.0583. The first kappa shape index (κ1) is 20.2. The SMILES string of the molecule is CCc1ccc(C2CCc3cc(C#Cc4ccc(F)c(F)c4)ccc3C2)c(F)c1F. The molecule has 1 aliphatic carbocycles. The maximum absolute atomic E-state index is 14.5. The molecule has 4 rings (SSSR count). The molecule has 0 saturated carbocycles. The second-order valence-electron chi connectivity index (χ2n) is 7.60. The van der Waals surface area contributed by atoms with E-state index in [1.165, 1.54) is 6.07 Å². The first-order valence-electron chi connectivity index (χ1n) is 10.0. The summed E-state index contributed by atoms with van der Waals surface area (Å²) in [6, 6.07) is 12.8.